The molecule has 0 atom stereocenters. The van der Waals surface area contributed by atoms with Gasteiger partial charge < -0.3 is 5.32 Å². The molecule has 0 aliphatic heterocycles. The Balaban J connectivity index is 2.04. The first-order valence-corrected chi connectivity index (χ1v) is 8.61. The number of nitrogens with zero attached hydrogens (tertiary/aromatic N) is 4. The van der Waals surface area contributed by atoms with E-state index in [-0.39, 0.29) is 0 Å². The van der Waals surface area contributed by atoms with Crippen molar-refractivity contribution in [3.8, 4) is 0 Å². The van der Waals surface area contributed by atoms with Crippen molar-refractivity contribution in [2.75, 3.05) is 5.32 Å². The van der Waals surface area contributed by atoms with Crippen LogP contribution in [0.25, 0.3) is 11.0 Å². The van der Waals surface area contributed by atoms with Gasteiger partial charge in [0.05, 0.1) is 12.2 Å². The van der Waals surface area contributed by atoms with Crippen molar-refractivity contribution in [3.05, 3.63) is 33.9 Å². The Kier molecular flexibility index (Phi) is 4.38. The molecule has 0 saturated carbocycles. The zero-order chi connectivity index (χ0) is 15.5. The van der Waals surface area contributed by atoms with Crippen LogP contribution in [0.15, 0.2) is 17.5 Å². The van der Waals surface area contributed by atoms with Crippen LogP contribution in [0.5, 0.6) is 0 Å². The third kappa shape index (κ3) is 2.83. The van der Waals surface area contributed by atoms with Crippen LogP contribution in [0.2, 0.25) is 0 Å². The second-order valence-corrected chi connectivity index (χ2v) is 6.30. The Morgan fingerprint density at radius 2 is 2.14 bits per heavy atom. The van der Waals surface area contributed by atoms with Crippen molar-refractivity contribution in [1.29, 1.82) is 0 Å². The number of nitrogens with one attached hydrogen (secondary N) is 1. The predicted octanol–water partition coefficient (Wildman–Crippen LogP) is 3.78. The summed E-state index contributed by atoms with van der Waals surface area (Å²) in [7, 11) is 0. The number of hydrogen-bond donors (Lipinski definition) is 1. The highest BCUT2D eigenvalue weighted by Crippen LogP contribution is 2.24. The van der Waals surface area contributed by atoms with Crippen LogP contribution in [0.3, 0.4) is 0 Å². The summed E-state index contributed by atoms with van der Waals surface area (Å²) in [5, 5.41) is 10.2. The summed E-state index contributed by atoms with van der Waals surface area (Å²) in [4.78, 5) is 10.7. The number of rotatable bonds is 6. The number of anilines is 1. The van der Waals surface area contributed by atoms with E-state index in [9.17, 15) is 0 Å². The zero-order valence-electron chi connectivity index (χ0n) is 13.3. The first-order chi connectivity index (χ1) is 10.7. The number of aryl methyl sites for hydroxylation is 3. The molecule has 0 unspecified atom stereocenters. The summed E-state index contributed by atoms with van der Waals surface area (Å²) in [6.07, 6.45) is 1.93. The number of thiophene rings is 1. The van der Waals surface area contributed by atoms with E-state index in [1.54, 1.807) is 11.3 Å². The summed E-state index contributed by atoms with van der Waals surface area (Å²) in [6, 6.07) is 4.20. The van der Waals surface area contributed by atoms with E-state index in [0.717, 1.165) is 54.3 Å². The van der Waals surface area contributed by atoms with E-state index in [2.05, 4.69) is 41.8 Å². The SMILES string of the molecule is CCCc1nc(NCc2cccs2)c2c(n1)c(C)nn2CC. The maximum atomic E-state index is 4.73. The molecular weight excluding hydrogens is 294 g/mol. The lowest BCUT2D eigenvalue weighted by Crippen LogP contribution is -2.07. The largest absolute Gasteiger partial charge is 0.363 e. The molecule has 0 saturated heterocycles. The minimum Gasteiger partial charge on any atom is -0.363 e. The maximum absolute atomic E-state index is 4.73. The fourth-order valence-electron chi connectivity index (χ4n) is 2.55. The van der Waals surface area contributed by atoms with E-state index < -0.39 is 0 Å². The first-order valence-electron chi connectivity index (χ1n) is 7.73. The van der Waals surface area contributed by atoms with Gasteiger partial charge in [0, 0.05) is 17.8 Å². The average Bonchev–Trinajstić information content (AvgIpc) is 3.14. The lowest BCUT2D eigenvalue weighted by Gasteiger charge is -2.09. The fraction of sp³-hybridized carbons (Fsp3) is 0.438. The molecule has 5 nitrogen and oxygen atoms in total. The Morgan fingerprint density at radius 1 is 1.27 bits per heavy atom. The quantitative estimate of drug-likeness (QED) is 0.752. The van der Waals surface area contributed by atoms with Crippen molar-refractivity contribution >= 4 is 28.2 Å². The molecule has 0 radical (unpaired) electrons. The number of aromatic nitrogens is 4. The minimum atomic E-state index is 0.781. The van der Waals surface area contributed by atoms with Gasteiger partial charge in [-0.2, -0.15) is 5.10 Å². The Hall–Kier alpha value is -1.95. The van der Waals surface area contributed by atoms with Gasteiger partial charge in [-0.3, -0.25) is 4.68 Å². The summed E-state index contributed by atoms with van der Waals surface area (Å²) in [5.41, 5.74) is 2.95. The van der Waals surface area contributed by atoms with Crippen molar-refractivity contribution in [3.63, 3.8) is 0 Å². The molecule has 1 N–H and O–H groups in total. The molecule has 3 aromatic rings. The molecule has 3 rings (SSSR count). The molecule has 0 aliphatic carbocycles. The van der Waals surface area contributed by atoms with Crippen LogP contribution < -0.4 is 5.32 Å². The molecule has 6 heteroatoms. The van der Waals surface area contributed by atoms with Gasteiger partial charge in [0.25, 0.3) is 0 Å². The van der Waals surface area contributed by atoms with Crippen LogP contribution in [0, 0.1) is 6.92 Å². The highest BCUT2D eigenvalue weighted by molar-refractivity contribution is 7.09. The van der Waals surface area contributed by atoms with Gasteiger partial charge in [-0.05, 0) is 31.7 Å². The monoisotopic (exact) mass is 315 g/mol. The van der Waals surface area contributed by atoms with E-state index in [4.69, 9.17) is 9.97 Å². The number of hydrogen-bond acceptors (Lipinski definition) is 5. The van der Waals surface area contributed by atoms with Crippen molar-refractivity contribution in [1.82, 2.24) is 19.7 Å². The Bertz CT molecular complexity index is 761. The maximum Gasteiger partial charge on any atom is 0.156 e. The molecule has 0 spiro atoms. The van der Waals surface area contributed by atoms with Crippen molar-refractivity contribution in [2.24, 2.45) is 0 Å². The molecule has 0 fully saturated rings. The van der Waals surface area contributed by atoms with E-state index in [1.165, 1.54) is 4.88 Å². The third-order valence-electron chi connectivity index (χ3n) is 3.59. The van der Waals surface area contributed by atoms with Gasteiger partial charge in [-0.25, -0.2) is 9.97 Å². The molecule has 0 aromatic carbocycles. The van der Waals surface area contributed by atoms with Gasteiger partial charge in [0.1, 0.15) is 16.9 Å². The summed E-state index contributed by atoms with van der Waals surface area (Å²) >= 11 is 1.75. The second-order valence-electron chi connectivity index (χ2n) is 5.27. The highest BCUT2D eigenvalue weighted by Gasteiger charge is 2.15. The lowest BCUT2D eigenvalue weighted by atomic mass is 10.3. The van der Waals surface area contributed by atoms with Crippen LogP contribution in [-0.4, -0.2) is 19.7 Å². The average molecular weight is 315 g/mol. The molecule has 22 heavy (non-hydrogen) atoms. The summed E-state index contributed by atoms with van der Waals surface area (Å²) in [5.74, 6) is 1.78. The van der Waals surface area contributed by atoms with Crippen LogP contribution in [-0.2, 0) is 19.5 Å². The van der Waals surface area contributed by atoms with Crippen LogP contribution in [0.4, 0.5) is 5.82 Å². The predicted molar refractivity (Wildman–Crippen MR) is 91.4 cm³/mol. The normalized spacial score (nSPS) is 11.2. The number of fused-ring (bicyclic) bond motifs is 1. The zero-order valence-corrected chi connectivity index (χ0v) is 14.1. The van der Waals surface area contributed by atoms with Gasteiger partial charge >= 0.3 is 0 Å². The Labute approximate surface area is 134 Å². The minimum absolute atomic E-state index is 0.781. The van der Waals surface area contributed by atoms with Gasteiger partial charge in [0.2, 0.25) is 0 Å². The molecule has 0 aliphatic rings. The molecule has 3 aromatic heterocycles. The lowest BCUT2D eigenvalue weighted by molar-refractivity contribution is 0.675. The first kappa shape index (κ1) is 15.0. The molecule has 116 valence electrons. The topological polar surface area (TPSA) is 55.6 Å². The molecule has 0 amide bonds. The van der Waals surface area contributed by atoms with Crippen molar-refractivity contribution < 1.29 is 0 Å². The van der Waals surface area contributed by atoms with Crippen molar-refractivity contribution in [2.45, 2.75) is 46.7 Å². The highest BCUT2D eigenvalue weighted by atomic mass is 32.1. The second kappa shape index (κ2) is 6.44. The summed E-state index contributed by atoms with van der Waals surface area (Å²) < 4.78 is 1.98. The molecule has 3 heterocycles. The van der Waals surface area contributed by atoms with Gasteiger partial charge in [-0.15, -0.1) is 11.3 Å². The van der Waals surface area contributed by atoms with Gasteiger partial charge in [-0.1, -0.05) is 13.0 Å². The van der Waals surface area contributed by atoms with Crippen LogP contribution in [0.1, 0.15) is 36.7 Å². The fourth-order valence-corrected chi connectivity index (χ4v) is 3.19. The van der Waals surface area contributed by atoms with E-state index >= 15 is 0 Å². The van der Waals surface area contributed by atoms with E-state index in [1.807, 2.05) is 11.6 Å². The smallest absolute Gasteiger partial charge is 0.156 e. The van der Waals surface area contributed by atoms with E-state index in [0.29, 0.717) is 0 Å². The van der Waals surface area contributed by atoms with Gasteiger partial charge in [0.15, 0.2) is 5.82 Å². The molecule has 0 bridgehead atoms. The third-order valence-corrected chi connectivity index (χ3v) is 4.46. The standard InChI is InChI=1S/C16H21N5S/c1-4-7-13-18-14-11(3)20-21(5-2)15(14)16(19-13)17-10-12-8-6-9-22-12/h6,8-9H,4-5,7,10H2,1-3H3,(H,17,18,19). The Morgan fingerprint density at radius 3 is 2.82 bits per heavy atom. The van der Waals surface area contributed by atoms with Crippen LogP contribution >= 0.6 is 11.3 Å². The summed E-state index contributed by atoms with van der Waals surface area (Å²) in [6.45, 7) is 7.85. The molecular formula is C16H21N5S.